The van der Waals surface area contributed by atoms with Gasteiger partial charge in [-0.1, -0.05) is 30.0 Å². The third kappa shape index (κ3) is 2.50. The van der Waals surface area contributed by atoms with Gasteiger partial charge in [-0.3, -0.25) is 0 Å². The molecule has 0 aliphatic heterocycles. The Morgan fingerprint density at radius 1 is 0.625 bits per heavy atom. The van der Waals surface area contributed by atoms with E-state index in [0.717, 1.165) is 11.1 Å². The van der Waals surface area contributed by atoms with Crippen molar-refractivity contribution in [1.29, 1.82) is 5.26 Å². The average Bonchev–Trinajstić information content (AvgIpc) is 2.38. The van der Waals surface area contributed by atoms with Crippen molar-refractivity contribution in [2.75, 3.05) is 0 Å². The van der Waals surface area contributed by atoms with Crippen molar-refractivity contribution in [3.63, 3.8) is 0 Å². The number of hydrogen-bond donors (Lipinski definition) is 0. The van der Waals surface area contributed by atoms with Crippen molar-refractivity contribution < 1.29 is 0 Å². The lowest BCUT2D eigenvalue weighted by atomic mass is 10.1. The minimum absolute atomic E-state index is 0.658. The monoisotopic (exact) mass is 203 g/mol. The van der Waals surface area contributed by atoms with Crippen LogP contribution >= 0.6 is 0 Å². The lowest BCUT2D eigenvalue weighted by molar-refractivity contribution is 1.48. The zero-order valence-corrected chi connectivity index (χ0v) is 8.64. The van der Waals surface area contributed by atoms with Crippen LogP contribution in [0.2, 0.25) is 0 Å². The highest BCUT2D eigenvalue weighted by atomic mass is 14.2. The molecule has 0 atom stereocenters. The first-order valence-corrected chi connectivity index (χ1v) is 4.96. The van der Waals surface area contributed by atoms with Crippen LogP contribution < -0.4 is 0 Å². The molecule has 0 radical (unpaired) electrons. The Labute approximate surface area is 95.0 Å². The van der Waals surface area contributed by atoms with E-state index >= 15 is 0 Å². The van der Waals surface area contributed by atoms with E-state index in [1.807, 2.05) is 42.5 Å². The topological polar surface area (TPSA) is 23.8 Å². The zero-order valence-electron chi connectivity index (χ0n) is 8.64. The number of hydrogen-bond acceptors (Lipinski definition) is 1. The lowest BCUT2D eigenvalue weighted by Crippen LogP contribution is -1.77. The molecular formula is C15H9N. The van der Waals surface area contributed by atoms with Gasteiger partial charge in [0.15, 0.2) is 0 Å². The standard InChI is InChI=1S/C15H9N/c16-12-15-10-8-14(9-11-15)7-6-13-4-2-1-3-5-13/h1-5,8-11H. The Kier molecular flexibility index (Phi) is 3.02. The van der Waals surface area contributed by atoms with Crippen molar-refractivity contribution >= 4 is 0 Å². The van der Waals surface area contributed by atoms with Crippen LogP contribution in [0.5, 0.6) is 0 Å². The van der Waals surface area contributed by atoms with Gasteiger partial charge in [0.05, 0.1) is 11.6 Å². The van der Waals surface area contributed by atoms with Gasteiger partial charge < -0.3 is 0 Å². The van der Waals surface area contributed by atoms with Gasteiger partial charge in [-0.05, 0) is 36.4 Å². The van der Waals surface area contributed by atoms with Crippen LogP contribution in [0.25, 0.3) is 0 Å². The first-order valence-electron chi connectivity index (χ1n) is 4.96. The molecule has 1 heteroatoms. The molecule has 0 bridgehead atoms. The van der Waals surface area contributed by atoms with Gasteiger partial charge in [0.2, 0.25) is 0 Å². The molecule has 0 saturated carbocycles. The minimum atomic E-state index is 0.658. The van der Waals surface area contributed by atoms with Crippen LogP contribution in [0.3, 0.4) is 0 Å². The number of nitriles is 1. The summed E-state index contributed by atoms with van der Waals surface area (Å²) in [5, 5.41) is 8.65. The van der Waals surface area contributed by atoms with E-state index in [1.165, 1.54) is 0 Å². The largest absolute Gasteiger partial charge is 0.192 e. The summed E-state index contributed by atoms with van der Waals surface area (Å²) < 4.78 is 0. The van der Waals surface area contributed by atoms with Gasteiger partial charge >= 0.3 is 0 Å². The molecule has 0 fully saturated rings. The van der Waals surface area contributed by atoms with Crippen LogP contribution in [0.1, 0.15) is 16.7 Å². The van der Waals surface area contributed by atoms with E-state index in [4.69, 9.17) is 5.26 Å². The summed E-state index contributed by atoms with van der Waals surface area (Å²) in [5.41, 5.74) is 2.57. The number of benzene rings is 2. The second-order valence-electron chi connectivity index (χ2n) is 3.31. The molecule has 0 aliphatic carbocycles. The first-order chi connectivity index (χ1) is 7.88. The molecular weight excluding hydrogens is 194 g/mol. The number of rotatable bonds is 0. The van der Waals surface area contributed by atoms with Gasteiger partial charge in [0, 0.05) is 11.1 Å². The van der Waals surface area contributed by atoms with Crippen LogP contribution in [0.4, 0.5) is 0 Å². The van der Waals surface area contributed by atoms with Crippen molar-refractivity contribution in [1.82, 2.24) is 0 Å². The summed E-state index contributed by atoms with van der Waals surface area (Å²) in [5.74, 6) is 6.12. The van der Waals surface area contributed by atoms with Crippen LogP contribution in [0.15, 0.2) is 54.6 Å². The van der Waals surface area contributed by atoms with E-state index in [1.54, 1.807) is 12.1 Å². The van der Waals surface area contributed by atoms with Gasteiger partial charge in [0.25, 0.3) is 0 Å². The predicted molar refractivity (Wildman–Crippen MR) is 63.6 cm³/mol. The van der Waals surface area contributed by atoms with Gasteiger partial charge in [0.1, 0.15) is 0 Å². The molecule has 0 unspecified atom stereocenters. The van der Waals surface area contributed by atoms with E-state index in [9.17, 15) is 0 Å². The second kappa shape index (κ2) is 4.82. The fourth-order valence-electron chi connectivity index (χ4n) is 1.29. The molecule has 2 aromatic rings. The summed E-state index contributed by atoms with van der Waals surface area (Å²) in [6, 6.07) is 19.2. The molecule has 0 amide bonds. The molecule has 1 nitrogen and oxygen atoms in total. The molecule has 0 N–H and O–H groups in total. The maximum Gasteiger partial charge on any atom is 0.0991 e. The molecule has 2 rings (SSSR count). The maximum atomic E-state index is 8.65. The highest BCUT2D eigenvalue weighted by molar-refractivity contribution is 5.44. The normalized spacial score (nSPS) is 8.69. The van der Waals surface area contributed by atoms with Crippen molar-refractivity contribution in [3.8, 4) is 17.9 Å². The zero-order chi connectivity index (χ0) is 11.2. The number of nitrogens with zero attached hydrogens (tertiary/aromatic N) is 1. The van der Waals surface area contributed by atoms with Gasteiger partial charge in [-0.15, -0.1) is 0 Å². The lowest BCUT2D eigenvalue weighted by Gasteiger charge is -1.90. The van der Waals surface area contributed by atoms with Crippen LogP contribution in [-0.4, -0.2) is 0 Å². The molecule has 16 heavy (non-hydrogen) atoms. The maximum absolute atomic E-state index is 8.65. The second-order valence-corrected chi connectivity index (χ2v) is 3.31. The molecule has 2 aromatic carbocycles. The minimum Gasteiger partial charge on any atom is -0.192 e. The van der Waals surface area contributed by atoms with Gasteiger partial charge in [-0.25, -0.2) is 0 Å². The molecule has 0 spiro atoms. The first kappa shape index (κ1) is 10.0. The van der Waals surface area contributed by atoms with Gasteiger partial charge in [-0.2, -0.15) is 5.26 Å². The van der Waals surface area contributed by atoms with Crippen LogP contribution in [0, 0.1) is 23.2 Å². The SMILES string of the molecule is N#Cc1ccc(C#Cc2ccccc2)cc1. The summed E-state index contributed by atoms with van der Waals surface area (Å²) in [7, 11) is 0. The summed E-state index contributed by atoms with van der Waals surface area (Å²) in [4.78, 5) is 0. The molecule has 0 heterocycles. The average molecular weight is 203 g/mol. The Morgan fingerprint density at radius 2 is 1.12 bits per heavy atom. The Balaban J connectivity index is 2.22. The van der Waals surface area contributed by atoms with Crippen LogP contribution in [-0.2, 0) is 0 Å². The fraction of sp³-hybridized carbons (Fsp3) is 0. The van der Waals surface area contributed by atoms with E-state index in [0.29, 0.717) is 5.56 Å². The Hall–Kier alpha value is -2.51. The van der Waals surface area contributed by atoms with Crippen molar-refractivity contribution in [2.45, 2.75) is 0 Å². The van der Waals surface area contributed by atoms with E-state index in [2.05, 4.69) is 17.9 Å². The summed E-state index contributed by atoms with van der Waals surface area (Å²) in [6.45, 7) is 0. The van der Waals surface area contributed by atoms with Crippen molar-refractivity contribution in [3.05, 3.63) is 71.3 Å². The quantitative estimate of drug-likeness (QED) is 0.604. The molecule has 0 aliphatic rings. The van der Waals surface area contributed by atoms with E-state index in [-0.39, 0.29) is 0 Å². The third-order valence-electron chi connectivity index (χ3n) is 2.14. The third-order valence-corrected chi connectivity index (χ3v) is 2.14. The summed E-state index contributed by atoms with van der Waals surface area (Å²) >= 11 is 0. The molecule has 74 valence electrons. The molecule has 0 saturated heterocycles. The molecule has 0 aromatic heterocycles. The Morgan fingerprint density at radius 3 is 1.69 bits per heavy atom. The summed E-state index contributed by atoms with van der Waals surface area (Å²) in [6.07, 6.45) is 0. The fourth-order valence-corrected chi connectivity index (χ4v) is 1.29. The highest BCUT2D eigenvalue weighted by Crippen LogP contribution is 2.02. The smallest absolute Gasteiger partial charge is 0.0991 e. The van der Waals surface area contributed by atoms with E-state index < -0.39 is 0 Å². The Bertz CT molecular complexity index is 563. The van der Waals surface area contributed by atoms with Crippen molar-refractivity contribution in [2.24, 2.45) is 0 Å². The highest BCUT2D eigenvalue weighted by Gasteiger charge is 1.89. The predicted octanol–water partition coefficient (Wildman–Crippen LogP) is 2.96.